The highest BCUT2D eigenvalue weighted by atomic mass is 32.2. The fourth-order valence-electron chi connectivity index (χ4n) is 2.65. The molecule has 5 nitrogen and oxygen atoms in total. The van der Waals surface area contributed by atoms with Crippen LogP contribution in [0.2, 0.25) is 0 Å². The van der Waals surface area contributed by atoms with E-state index >= 15 is 0 Å². The Balaban J connectivity index is 2.02. The summed E-state index contributed by atoms with van der Waals surface area (Å²) < 4.78 is 1.57. The van der Waals surface area contributed by atoms with Crippen molar-refractivity contribution in [2.75, 3.05) is 6.54 Å². The van der Waals surface area contributed by atoms with E-state index in [-0.39, 0.29) is 11.5 Å². The number of hydrogen-bond acceptors (Lipinski definition) is 5. The van der Waals surface area contributed by atoms with Gasteiger partial charge >= 0.3 is 0 Å². The summed E-state index contributed by atoms with van der Waals surface area (Å²) in [6.07, 6.45) is 3.29. The third-order valence-electron chi connectivity index (χ3n) is 4.06. The number of benzene rings is 1. The summed E-state index contributed by atoms with van der Waals surface area (Å²) in [5.41, 5.74) is 0.927. The highest BCUT2D eigenvalue weighted by Crippen LogP contribution is 2.32. The number of thiophene rings is 1. The maximum Gasteiger partial charge on any atom is 0.263 e. The molecule has 0 saturated carbocycles. The normalized spacial score (nSPS) is 11.9. The molecule has 1 aromatic carbocycles. The number of aromatic nitrogens is 2. The van der Waals surface area contributed by atoms with E-state index in [1.165, 1.54) is 23.1 Å². The summed E-state index contributed by atoms with van der Waals surface area (Å²) >= 11 is 2.74. The number of carbonyl (C=O) groups is 1. The summed E-state index contributed by atoms with van der Waals surface area (Å²) in [7, 11) is 0. The first-order valence-electron chi connectivity index (χ1n) is 8.81. The Morgan fingerprint density at radius 3 is 2.75 bits per heavy atom. The standard InChI is InChI=1S/C21H21N3O2S2/c1-4-11-22-18(25)14(3)27-21-23-19-16(20(26)24(21)12-5-2)13-17(28-19)15-9-7-6-8-10-15/h4-10,13-14H,1-2,11-12H2,3H3,(H,22,25). The average molecular weight is 412 g/mol. The minimum Gasteiger partial charge on any atom is -0.352 e. The minimum absolute atomic E-state index is 0.121. The highest BCUT2D eigenvalue weighted by Gasteiger charge is 2.20. The Morgan fingerprint density at radius 2 is 2.07 bits per heavy atom. The lowest BCUT2D eigenvalue weighted by atomic mass is 10.2. The van der Waals surface area contributed by atoms with Crippen LogP contribution in [0.15, 0.2) is 71.7 Å². The molecule has 0 fully saturated rings. The topological polar surface area (TPSA) is 64.0 Å². The lowest BCUT2D eigenvalue weighted by Crippen LogP contribution is -2.32. The lowest BCUT2D eigenvalue weighted by molar-refractivity contribution is -0.120. The van der Waals surface area contributed by atoms with E-state index in [4.69, 9.17) is 4.98 Å². The summed E-state index contributed by atoms with van der Waals surface area (Å²) in [6.45, 7) is 9.87. The van der Waals surface area contributed by atoms with Gasteiger partial charge in [0.2, 0.25) is 5.91 Å². The number of thioether (sulfide) groups is 1. The molecule has 0 bridgehead atoms. The Kier molecular flexibility index (Phi) is 6.49. The minimum atomic E-state index is -0.395. The van der Waals surface area contributed by atoms with Crippen LogP contribution in [-0.4, -0.2) is 27.3 Å². The van der Waals surface area contributed by atoms with Crippen molar-refractivity contribution in [3.05, 3.63) is 72.1 Å². The van der Waals surface area contributed by atoms with E-state index in [2.05, 4.69) is 18.5 Å². The van der Waals surface area contributed by atoms with Crippen LogP contribution >= 0.6 is 23.1 Å². The van der Waals surface area contributed by atoms with Crippen LogP contribution < -0.4 is 10.9 Å². The molecule has 1 N–H and O–H groups in total. The smallest absolute Gasteiger partial charge is 0.263 e. The molecule has 0 aliphatic rings. The van der Waals surface area contributed by atoms with Crippen molar-refractivity contribution < 1.29 is 4.79 Å². The zero-order valence-corrected chi connectivity index (χ0v) is 17.2. The molecule has 7 heteroatoms. The molecule has 3 aromatic rings. The number of amides is 1. The van der Waals surface area contributed by atoms with Crippen LogP contribution in [0.25, 0.3) is 20.7 Å². The number of hydrogen-bond donors (Lipinski definition) is 1. The molecule has 2 heterocycles. The van der Waals surface area contributed by atoms with E-state index in [1.807, 2.05) is 36.4 Å². The van der Waals surface area contributed by atoms with Crippen molar-refractivity contribution in [2.45, 2.75) is 23.9 Å². The molecule has 0 aliphatic carbocycles. The molecule has 0 saturated heterocycles. The van der Waals surface area contributed by atoms with Gasteiger partial charge in [-0.2, -0.15) is 0 Å². The predicted octanol–water partition coefficient (Wildman–Crippen LogP) is 4.09. The summed E-state index contributed by atoms with van der Waals surface area (Å²) in [6, 6.07) is 11.8. The number of allylic oxidation sites excluding steroid dienone is 1. The first kappa shape index (κ1) is 20.1. The summed E-state index contributed by atoms with van der Waals surface area (Å²) in [5.74, 6) is -0.124. The summed E-state index contributed by atoms with van der Waals surface area (Å²) in [5, 5.41) is 3.47. The van der Waals surface area contributed by atoms with Gasteiger partial charge in [0.25, 0.3) is 5.56 Å². The van der Waals surface area contributed by atoms with Crippen LogP contribution in [0.4, 0.5) is 0 Å². The van der Waals surface area contributed by atoms with Gasteiger partial charge in [0.05, 0.1) is 10.6 Å². The quantitative estimate of drug-likeness (QED) is 0.344. The first-order chi connectivity index (χ1) is 13.5. The molecule has 1 atom stereocenters. The zero-order chi connectivity index (χ0) is 20.1. The van der Waals surface area contributed by atoms with Gasteiger partial charge in [-0.1, -0.05) is 54.2 Å². The van der Waals surface area contributed by atoms with Crippen molar-refractivity contribution in [2.24, 2.45) is 0 Å². The van der Waals surface area contributed by atoms with Crippen molar-refractivity contribution in [3.63, 3.8) is 0 Å². The second kappa shape index (κ2) is 9.03. The van der Waals surface area contributed by atoms with Crippen LogP contribution in [0.5, 0.6) is 0 Å². The van der Waals surface area contributed by atoms with Gasteiger partial charge in [-0.3, -0.25) is 14.2 Å². The maximum atomic E-state index is 13.1. The third kappa shape index (κ3) is 4.26. The van der Waals surface area contributed by atoms with Gasteiger partial charge in [-0.05, 0) is 18.6 Å². The molecular formula is C21H21N3O2S2. The SMILES string of the molecule is C=CCNC(=O)C(C)Sc1nc2sc(-c3ccccc3)cc2c(=O)n1CC=C. The fraction of sp³-hybridized carbons (Fsp3) is 0.190. The lowest BCUT2D eigenvalue weighted by Gasteiger charge is -2.14. The van der Waals surface area contributed by atoms with Gasteiger partial charge in [0, 0.05) is 18.0 Å². The zero-order valence-electron chi connectivity index (χ0n) is 15.6. The van der Waals surface area contributed by atoms with Crippen LogP contribution in [-0.2, 0) is 11.3 Å². The van der Waals surface area contributed by atoms with E-state index in [0.717, 1.165) is 10.4 Å². The molecular weight excluding hydrogens is 390 g/mol. The monoisotopic (exact) mass is 411 g/mol. The molecule has 0 aliphatic heterocycles. The molecule has 0 radical (unpaired) electrons. The van der Waals surface area contributed by atoms with Crippen LogP contribution in [0, 0.1) is 0 Å². The third-order valence-corrected chi connectivity index (χ3v) is 6.23. The van der Waals surface area contributed by atoms with E-state index in [0.29, 0.717) is 28.5 Å². The molecule has 1 unspecified atom stereocenters. The number of fused-ring (bicyclic) bond motifs is 1. The van der Waals surface area contributed by atoms with E-state index < -0.39 is 5.25 Å². The second-order valence-electron chi connectivity index (χ2n) is 6.09. The van der Waals surface area contributed by atoms with Crippen molar-refractivity contribution in [3.8, 4) is 10.4 Å². The van der Waals surface area contributed by atoms with Gasteiger partial charge in [-0.15, -0.1) is 24.5 Å². The fourth-order valence-corrected chi connectivity index (χ4v) is 4.67. The number of rotatable bonds is 8. The number of nitrogens with one attached hydrogen (secondary N) is 1. The van der Waals surface area contributed by atoms with Crippen LogP contribution in [0.1, 0.15) is 6.92 Å². The molecule has 1 amide bonds. The highest BCUT2D eigenvalue weighted by molar-refractivity contribution is 8.00. The largest absolute Gasteiger partial charge is 0.352 e. The van der Waals surface area contributed by atoms with Gasteiger partial charge in [-0.25, -0.2) is 4.98 Å². The predicted molar refractivity (Wildman–Crippen MR) is 118 cm³/mol. The Morgan fingerprint density at radius 1 is 1.32 bits per heavy atom. The summed E-state index contributed by atoms with van der Waals surface area (Å²) in [4.78, 5) is 31.6. The Hall–Kier alpha value is -2.64. The maximum absolute atomic E-state index is 13.1. The van der Waals surface area contributed by atoms with Gasteiger partial charge in [0.1, 0.15) is 4.83 Å². The molecule has 144 valence electrons. The van der Waals surface area contributed by atoms with Crippen molar-refractivity contribution >= 4 is 39.2 Å². The number of carbonyl (C=O) groups excluding carboxylic acids is 1. The van der Waals surface area contributed by atoms with Crippen molar-refractivity contribution in [1.82, 2.24) is 14.9 Å². The van der Waals surface area contributed by atoms with Gasteiger partial charge < -0.3 is 5.32 Å². The molecule has 28 heavy (non-hydrogen) atoms. The second-order valence-corrected chi connectivity index (χ2v) is 8.43. The first-order valence-corrected chi connectivity index (χ1v) is 10.5. The Bertz CT molecular complexity index is 1070. The van der Waals surface area contributed by atoms with Gasteiger partial charge in [0.15, 0.2) is 5.16 Å². The molecule has 2 aromatic heterocycles. The average Bonchev–Trinajstić information content (AvgIpc) is 3.14. The number of nitrogens with zero attached hydrogens (tertiary/aromatic N) is 2. The van der Waals surface area contributed by atoms with Crippen molar-refractivity contribution in [1.29, 1.82) is 0 Å². The van der Waals surface area contributed by atoms with E-state index in [1.54, 1.807) is 23.6 Å². The Labute approximate surface area is 171 Å². The molecule has 0 spiro atoms. The van der Waals surface area contributed by atoms with E-state index in [9.17, 15) is 9.59 Å². The van der Waals surface area contributed by atoms with Crippen LogP contribution in [0.3, 0.4) is 0 Å². The molecule has 3 rings (SSSR count).